The largest absolute Gasteiger partial charge is 0.493 e. The van der Waals surface area contributed by atoms with Gasteiger partial charge in [0, 0.05) is 24.5 Å². The number of ether oxygens (including phenoxy) is 3. The highest BCUT2D eigenvalue weighted by molar-refractivity contribution is 8.18. The molecule has 0 atom stereocenters. The minimum absolute atomic E-state index is 0.245. The fraction of sp³-hybridized carbons (Fsp3) is 0.370. The molecule has 2 aliphatic rings. The molecule has 2 heterocycles. The van der Waals surface area contributed by atoms with E-state index < -0.39 is 17.1 Å². The van der Waals surface area contributed by atoms with Crippen molar-refractivity contribution >= 4 is 46.3 Å². The molecule has 0 aliphatic carbocycles. The first-order valence-electron chi connectivity index (χ1n) is 12.3. The van der Waals surface area contributed by atoms with Gasteiger partial charge in [-0.1, -0.05) is 19.4 Å². The summed E-state index contributed by atoms with van der Waals surface area (Å²) in [5.41, 5.74) is 2.34. The van der Waals surface area contributed by atoms with Crippen molar-refractivity contribution in [3.8, 4) is 11.5 Å². The predicted molar refractivity (Wildman–Crippen MR) is 144 cm³/mol. The van der Waals surface area contributed by atoms with Gasteiger partial charge in [-0.15, -0.1) is 0 Å². The van der Waals surface area contributed by atoms with Crippen LogP contribution in [0.15, 0.2) is 47.4 Å². The van der Waals surface area contributed by atoms with Gasteiger partial charge in [0.2, 0.25) is 5.91 Å². The number of amides is 3. The number of morpholine rings is 1. The molecule has 3 amide bonds. The van der Waals surface area contributed by atoms with Crippen LogP contribution < -0.4 is 19.7 Å². The van der Waals surface area contributed by atoms with E-state index in [1.165, 1.54) is 0 Å². The maximum atomic E-state index is 12.9. The van der Waals surface area contributed by atoms with Crippen LogP contribution in [0.3, 0.4) is 0 Å². The average molecular weight is 526 g/mol. The molecule has 0 unspecified atom stereocenters. The Hall–Kier alpha value is -3.50. The lowest BCUT2D eigenvalue weighted by atomic mass is 10.2. The predicted octanol–water partition coefficient (Wildman–Crippen LogP) is 4.39. The molecule has 0 radical (unpaired) electrons. The molecule has 0 bridgehead atoms. The van der Waals surface area contributed by atoms with Crippen LogP contribution in [0.25, 0.3) is 6.08 Å². The van der Waals surface area contributed by atoms with E-state index in [0.29, 0.717) is 42.6 Å². The van der Waals surface area contributed by atoms with Crippen molar-refractivity contribution in [1.82, 2.24) is 4.90 Å². The van der Waals surface area contributed by atoms with Crippen LogP contribution in [0.2, 0.25) is 0 Å². The Morgan fingerprint density at radius 2 is 1.86 bits per heavy atom. The number of nitrogens with zero attached hydrogens (tertiary/aromatic N) is 2. The molecule has 196 valence electrons. The molecule has 2 saturated heterocycles. The van der Waals surface area contributed by atoms with Crippen LogP contribution in [0, 0.1) is 0 Å². The zero-order chi connectivity index (χ0) is 26.2. The molecule has 10 heteroatoms. The molecule has 9 nitrogen and oxygen atoms in total. The summed E-state index contributed by atoms with van der Waals surface area (Å²) in [6.07, 6.45) is 3.58. The second-order valence-electron chi connectivity index (χ2n) is 8.57. The second-order valence-corrected chi connectivity index (χ2v) is 9.57. The highest BCUT2D eigenvalue weighted by Gasteiger charge is 2.36. The van der Waals surface area contributed by atoms with E-state index in [2.05, 4.69) is 17.1 Å². The number of thioether (sulfide) groups is 1. The summed E-state index contributed by atoms with van der Waals surface area (Å²) in [4.78, 5) is 41.4. The fourth-order valence-corrected chi connectivity index (χ4v) is 4.77. The molecule has 2 fully saturated rings. The lowest BCUT2D eigenvalue weighted by molar-refractivity contribution is -0.127. The van der Waals surface area contributed by atoms with Crippen LogP contribution >= 0.6 is 11.8 Å². The van der Waals surface area contributed by atoms with Crippen molar-refractivity contribution in [1.29, 1.82) is 0 Å². The highest BCUT2D eigenvalue weighted by Crippen LogP contribution is 2.34. The number of hydrogen-bond donors (Lipinski definition) is 1. The standard InChI is InChI=1S/C27H31N3O6S/c1-3-4-13-36-22-10-5-19(16-23(22)34-2)17-24-26(32)30(27(33)37-24)18-25(31)28-20-6-8-21(9-7-20)29-11-14-35-15-12-29/h5-10,16-17H,3-4,11-15,18H2,1-2H3,(H,28,31)/b24-17-. The number of imide groups is 1. The SMILES string of the molecule is CCCCOc1ccc(/C=C2\SC(=O)N(CC(=O)Nc3ccc(N4CCOCC4)cc3)C2=O)cc1OC. The van der Waals surface area contributed by atoms with Gasteiger partial charge in [0.05, 0.1) is 31.8 Å². The highest BCUT2D eigenvalue weighted by atomic mass is 32.2. The monoisotopic (exact) mass is 525 g/mol. The number of rotatable bonds is 10. The number of carbonyl (C=O) groups is 3. The van der Waals surface area contributed by atoms with E-state index in [1.54, 1.807) is 43.5 Å². The van der Waals surface area contributed by atoms with Gasteiger partial charge in [-0.3, -0.25) is 19.3 Å². The molecule has 0 spiro atoms. The first-order chi connectivity index (χ1) is 18.0. The number of anilines is 2. The third kappa shape index (κ3) is 6.84. The summed E-state index contributed by atoms with van der Waals surface area (Å²) in [5, 5.41) is 2.27. The van der Waals surface area contributed by atoms with E-state index in [-0.39, 0.29) is 11.4 Å². The van der Waals surface area contributed by atoms with Crippen LogP contribution in [0.4, 0.5) is 16.2 Å². The summed E-state index contributed by atoms with van der Waals surface area (Å²) < 4.78 is 16.5. The second kappa shape index (κ2) is 12.6. The number of benzene rings is 2. The van der Waals surface area contributed by atoms with Crippen molar-refractivity contribution in [2.45, 2.75) is 19.8 Å². The Labute approximate surface area is 220 Å². The van der Waals surface area contributed by atoms with E-state index in [1.807, 2.05) is 12.1 Å². The van der Waals surface area contributed by atoms with Crippen molar-refractivity contribution in [2.24, 2.45) is 0 Å². The fourth-order valence-electron chi connectivity index (χ4n) is 3.93. The smallest absolute Gasteiger partial charge is 0.294 e. The lowest BCUT2D eigenvalue weighted by Crippen LogP contribution is -2.36. The quantitative estimate of drug-likeness (QED) is 0.361. The van der Waals surface area contributed by atoms with Gasteiger partial charge in [-0.2, -0.15) is 0 Å². The van der Waals surface area contributed by atoms with Gasteiger partial charge < -0.3 is 24.4 Å². The maximum absolute atomic E-state index is 12.9. The molecular weight excluding hydrogens is 494 g/mol. The molecule has 2 aliphatic heterocycles. The van der Waals surface area contributed by atoms with Crippen molar-refractivity contribution < 1.29 is 28.6 Å². The van der Waals surface area contributed by atoms with E-state index in [0.717, 1.165) is 48.3 Å². The van der Waals surface area contributed by atoms with E-state index in [9.17, 15) is 14.4 Å². The zero-order valence-corrected chi connectivity index (χ0v) is 21.8. The summed E-state index contributed by atoms with van der Waals surface area (Å²) >= 11 is 0.808. The maximum Gasteiger partial charge on any atom is 0.294 e. The minimum atomic E-state index is -0.505. The van der Waals surface area contributed by atoms with E-state index >= 15 is 0 Å². The number of nitrogens with one attached hydrogen (secondary N) is 1. The third-order valence-electron chi connectivity index (χ3n) is 5.94. The summed E-state index contributed by atoms with van der Waals surface area (Å²) in [6.45, 7) is 5.34. The Kier molecular flexibility index (Phi) is 9.08. The Balaban J connectivity index is 1.36. The van der Waals surface area contributed by atoms with Crippen molar-refractivity contribution in [2.75, 3.05) is 56.8 Å². The first kappa shape index (κ1) is 26.6. The summed E-state index contributed by atoms with van der Waals surface area (Å²) in [5.74, 6) is 0.215. The summed E-state index contributed by atoms with van der Waals surface area (Å²) in [6, 6.07) is 12.8. The third-order valence-corrected chi connectivity index (χ3v) is 6.85. The van der Waals surface area contributed by atoms with Crippen LogP contribution in [0.1, 0.15) is 25.3 Å². The van der Waals surface area contributed by atoms with Gasteiger partial charge in [-0.25, -0.2) is 0 Å². The summed E-state index contributed by atoms with van der Waals surface area (Å²) in [7, 11) is 1.55. The van der Waals surface area contributed by atoms with Crippen LogP contribution in [0.5, 0.6) is 11.5 Å². The molecule has 2 aromatic carbocycles. The van der Waals surface area contributed by atoms with Gasteiger partial charge in [0.15, 0.2) is 11.5 Å². The number of carbonyl (C=O) groups excluding carboxylic acids is 3. The molecule has 0 aromatic heterocycles. The van der Waals surface area contributed by atoms with Gasteiger partial charge in [0.1, 0.15) is 6.54 Å². The average Bonchev–Trinajstić information content (AvgIpc) is 3.17. The van der Waals surface area contributed by atoms with Crippen LogP contribution in [-0.2, 0) is 14.3 Å². The number of unbranched alkanes of at least 4 members (excludes halogenated alkanes) is 1. The lowest BCUT2D eigenvalue weighted by Gasteiger charge is -2.28. The Bertz CT molecular complexity index is 1160. The topological polar surface area (TPSA) is 97.4 Å². The normalized spacial score (nSPS) is 16.9. The van der Waals surface area contributed by atoms with E-state index in [4.69, 9.17) is 14.2 Å². The van der Waals surface area contributed by atoms with Gasteiger partial charge in [0.25, 0.3) is 11.1 Å². The Morgan fingerprint density at radius 3 is 2.57 bits per heavy atom. The number of hydrogen-bond acceptors (Lipinski definition) is 8. The Morgan fingerprint density at radius 1 is 1.11 bits per heavy atom. The minimum Gasteiger partial charge on any atom is -0.493 e. The van der Waals surface area contributed by atoms with Crippen molar-refractivity contribution in [3.05, 3.63) is 52.9 Å². The molecule has 0 saturated carbocycles. The zero-order valence-electron chi connectivity index (χ0n) is 21.0. The molecule has 4 rings (SSSR count). The van der Waals surface area contributed by atoms with Crippen molar-refractivity contribution in [3.63, 3.8) is 0 Å². The van der Waals surface area contributed by atoms with Gasteiger partial charge >= 0.3 is 0 Å². The van der Waals surface area contributed by atoms with Gasteiger partial charge in [-0.05, 0) is 66.2 Å². The molecule has 2 aromatic rings. The van der Waals surface area contributed by atoms with Crippen LogP contribution in [-0.4, -0.2) is 68.5 Å². The molecule has 37 heavy (non-hydrogen) atoms. The number of methoxy groups -OCH3 is 1. The molecular formula is C27H31N3O6S. The molecule has 1 N–H and O–H groups in total. The first-order valence-corrected chi connectivity index (χ1v) is 13.1.